The van der Waals surface area contributed by atoms with Crippen LogP contribution in [0.5, 0.6) is 0 Å². The Morgan fingerprint density at radius 3 is 2.83 bits per heavy atom. The molecule has 148 valence electrons. The molecule has 1 atom stereocenters. The molecule has 1 N–H and O–H groups in total. The number of hydrogen-bond donors (Lipinski definition) is 1. The fourth-order valence-corrected chi connectivity index (χ4v) is 3.20. The van der Waals surface area contributed by atoms with Crippen LogP contribution in [-0.2, 0) is 0 Å². The number of benzene rings is 1. The van der Waals surface area contributed by atoms with Crippen molar-refractivity contribution in [3.63, 3.8) is 0 Å². The summed E-state index contributed by atoms with van der Waals surface area (Å²) < 4.78 is 8.97. The number of rotatable bonds is 6. The van der Waals surface area contributed by atoms with Crippen LogP contribution in [0.4, 0.5) is 5.82 Å². The normalized spacial score (nSPS) is 12.1. The van der Waals surface area contributed by atoms with Crippen molar-refractivity contribution in [3.05, 3.63) is 71.7 Å². The van der Waals surface area contributed by atoms with Gasteiger partial charge in [0.2, 0.25) is 0 Å². The number of aromatic nitrogens is 4. The van der Waals surface area contributed by atoms with Crippen LogP contribution in [-0.4, -0.2) is 25.5 Å². The highest BCUT2D eigenvalue weighted by Gasteiger charge is 2.20. The van der Waals surface area contributed by atoms with E-state index in [2.05, 4.69) is 22.4 Å². The van der Waals surface area contributed by atoms with E-state index >= 15 is 0 Å². The highest BCUT2D eigenvalue weighted by Crippen LogP contribution is 2.26. The van der Waals surface area contributed by atoms with E-state index in [9.17, 15) is 4.79 Å². The second-order valence-electron chi connectivity index (χ2n) is 6.66. The molecule has 3 aromatic heterocycles. The van der Waals surface area contributed by atoms with Crippen molar-refractivity contribution in [2.24, 2.45) is 0 Å². The lowest BCUT2D eigenvalue weighted by Crippen LogP contribution is -2.18. The molecule has 0 saturated heterocycles. The zero-order valence-corrected chi connectivity index (χ0v) is 16.8. The summed E-state index contributed by atoms with van der Waals surface area (Å²) in [6, 6.07) is 14.5. The van der Waals surface area contributed by atoms with Crippen molar-refractivity contribution in [1.29, 1.82) is 0 Å². The second kappa shape index (κ2) is 7.97. The van der Waals surface area contributed by atoms with Crippen molar-refractivity contribution < 1.29 is 9.21 Å². The van der Waals surface area contributed by atoms with Crippen LogP contribution in [0, 0.1) is 0 Å². The third-order valence-electron chi connectivity index (χ3n) is 4.69. The molecule has 4 aromatic rings. The van der Waals surface area contributed by atoms with Gasteiger partial charge in [0.05, 0.1) is 24.2 Å². The summed E-state index contributed by atoms with van der Waals surface area (Å²) in [4.78, 5) is 12.9. The Bertz CT molecular complexity index is 1130. The van der Waals surface area contributed by atoms with Gasteiger partial charge in [-0.15, -0.1) is 0 Å². The van der Waals surface area contributed by atoms with Gasteiger partial charge in [-0.05, 0) is 43.7 Å². The van der Waals surface area contributed by atoms with Gasteiger partial charge in [-0.1, -0.05) is 24.6 Å². The quantitative estimate of drug-likeness (QED) is 0.474. The second-order valence-corrected chi connectivity index (χ2v) is 7.09. The summed E-state index contributed by atoms with van der Waals surface area (Å²) in [5.41, 5.74) is 1.64. The molecule has 29 heavy (non-hydrogen) atoms. The van der Waals surface area contributed by atoms with Gasteiger partial charge in [0.1, 0.15) is 11.5 Å². The van der Waals surface area contributed by atoms with Gasteiger partial charge < -0.3 is 9.73 Å². The monoisotopic (exact) mass is 409 g/mol. The van der Waals surface area contributed by atoms with Gasteiger partial charge in [-0.2, -0.15) is 10.2 Å². The summed E-state index contributed by atoms with van der Waals surface area (Å²) >= 11 is 6.14. The SMILES string of the molecule is CCC(C)n1nccc1NC(=O)c1cc(-c2ccco2)n(-c2cccc(Cl)c2)n1. The first-order valence-corrected chi connectivity index (χ1v) is 9.69. The molecule has 0 aliphatic heterocycles. The maximum Gasteiger partial charge on any atom is 0.277 e. The van der Waals surface area contributed by atoms with Crippen LogP contribution < -0.4 is 5.32 Å². The van der Waals surface area contributed by atoms with Crippen molar-refractivity contribution in [2.45, 2.75) is 26.3 Å². The minimum Gasteiger partial charge on any atom is -0.463 e. The number of hydrogen-bond acceptors (Lipinski definition) is 4. The van der Waals surface area contributed by atoms with Crippen LogP contribution in [0.3, 0.4) is 0 Å². The zero-order chi connectivity index (χ0) is 20.4. The number of nitrogens with zero attached hydrogens (tertiary/aromatic N) is 4. The molecule has 4 rings (SSSR count). The molecule has 1 amide bonds. The fourth-order valence-electron chi connectivity index (χ4n) is 3.01. The van der Waals surface area contributed by atoms with Gasteiger partial charge in [0.25, 0.3) is 5.91 Å². The number of furan rings is 1. The molecule has 1 aromatic carbocycles. The minimum absolute atomic E-state index is 0.169. The predicted octanol–water partition coefficient (Wildman–Crippen LogP) is 5.21. The van der Waals surface area contributed by atoms with Gasteiger partial charge in [0, 0.05) is 17.2 Å². The van der Waals surface area contributed by atoms with Gasteiger partial charge >= 0.3 is 0 Å². The molecule has 0 aliphatic carbocycles. The average molecular weight is 410 g/mol. The maximum atomic E-state index is 12.9. The summed E-state index contributed by atoms with van der Waals surface area (Å²) in [7, 11) is 0. The topological polar surface area (TPSA) is 77.9 Å². The Kier molecular flexibility index (Phi) is 5.22. The number of carbonyl (C=O) groups is 1. The standard InChI is InChI=1S/C21H20ClN5O2/c1-3-14(2)26-20(9-10-23-26)24-21(28)17-13-18(19-8-5-11-29-19)27(25-17)16-7-4-6-15(22)12-16/h4-14H,3H2,1-2H3,(H,24,28). The van der Waals surface area contributed by atoms with Crippen molar-refractivity contribution in [2.75, 3.05) is 5.32 Å². The van der Waals surface area contributed by atoms with E-state index in [1.54, 1.807) is 52.2 Å². The van der Waals surface area contributed by atoms with Crippen LogP contribution in [0.1, 0.15) is 36.8 Å². The number of carbonyl (C=O) groups excluding carboxylic acids is 1. The van der Waals surface area contributed by atoms with Crippen molar-refractivity contribution >= 4 is 23.3 Å². The first kappa shape index (κ1) is 19.0. The Labute approximate surface area is 172 Å². The van der Waals surface area contributed by atoms with E-state index < -0.39 is 0 Å². The molecule has 8 heteroatoms. The molecule has 0 bridgehead atoms. The predicted molar refractivity (Wildman–Crippen MR) is 111 cm³/mol. The summed E-state index contributed by atoms with van der Waals surface area (Å²) in [6.07, 6.45) is 4.15. The molecule has 3 heterocycles. The van der Waals surface area contributed by atoms with Crippen LogP contribution in [0.25, 0.3) is 17.1 Å². The first-order chi connectivity index (χ1) is 14.1. The minimum atomic E-state index is -0.330. The molecular formula is C21H20ClN5O2. The lowest BCUT2D eigenvalue weighted by Gasteiger charge is -2.13. The first-order valence-electron chi connectivity index (χ1n) is 9.31. The molecule has 0 spiro atoms. The van der Waals surface area contributed by atoms with Crippen LogP contribution in [0.15, 0.2) is 65.4 Å². The van der Waals surface area contributed by atoms with Gasteiger partial charge in [-0.25, -0.2) is 9.36 Å². The highest BCUT2D eigenvalue weighted by atomic mass is 35.5. The number of halogens is 1. The largest absolute Gasteiger partial charge is 0.463 e. The fraction of sp³-hybridized carbons (Fsp3) is 0.190. The Morgan fingerprint density at radius 1 is 1.24 bits per heavy atom. The Balaban J connectivity index is 1.71. The van der Waals surface area contributed by atoms with E-state index in [0.717, 1.165) is 12.1 Å². The summed E-state index contributed by atoms with van der Waals surface area (Å²) in [5, 5.41) is 12.3. The molecule has 0 fully saturated rings. The lowest BCUT2D eigenvalue weighted by atomic mass is 10.2. The van der Waals surface area contributed by atoms with E-state index in [1.165, 1.54) is 0 Å². The molecule has 1 unspecified atom stereocenters. The van der Waals surface area contributed by atoms with Crippen LogP contribution in [0.2, 0.25) is 5.02 Å². The smallest absolute Gasteiger partial charge is 0.277 e. The van der Waals surface area contributed by atoms with E-state index in [-0.39, 0.29) is 17.6 Å². The number of nitrogens with one attached hydrogen (secondary N) is 1. The van der Waals surface area contributed by atoms with E-state index in [0.29, 0.717) is 22.3 Å². The average Bonchev–Trinajstić information content (AvgIpc) is 3.46. The van der Waals surface area contributed by atoms with Crippen molar-refractivity contribution in [1.82, 2.24) is 19.6 Å². The lowest BCUT2D eigenvalue weighted by molar-refractivity contribution is 0.102. The maximum absolute atomic E-state index is 12.9. The van der Waals surface area contributed by atoms with Gasteiger partial charge in [0.15, 0.2) is 11.5 Å². The third kappa shape index (κ3) is 3.82. The van der Waals surface area contributed by atoms with E-state index in [1.807, 2.05) is 25.1 Å². The summed E-state index contributed by atoms with van der Waals surface area (Å²) in [5.74, 6) is 0.894. The van der Waals surface area contributed by atoms with E-state index in [4.69, 9.17) is 16.0 Å². The molecule has 7 nitrogen and oxygen atoms in total. The molecule has 0 radical (unpaired) electrons. The zero-order valence-electron chi connectivity index (χ0n) is 16.0. The number of anilines is 1. The molecule has 0 saturated carbocycles. The number of amides is 1. The third-order valence-corrected chi connectivity index (χ3v) is 4.92. The Morgan fingerprint density at radius 2 is 2.10 bits per heavy atom. The Hall–Kier alpha value is -3.32. The van der Waals surface area contributed by atoms with Crippen molar-refractivity contribution in [3.8, 4) is 17.1 Å². The summed E-state index contributed by atoms with van der Waals surface area (Å²) in [6.45, 7) is 4.12. The molecule has 0 aliphatic rings. The van der Waals surface area contributed by atoms with Crippen LogP contribution >= 0.6 is 11.6 Å². The highest BCUT2D eigenvalue weighted by molar-refractivity contribution is 6.30. The molecular weight excluding hydrogens is 390 g/mol. The van der Waals surface area contributed by atoms with Gasteiger partial charge in [-0.3, -0.25) is 4.79 Å².